The van der Waals surface area contributed by atoms with Crippen molar-refractivity contribution < 1.29 is 9.47 Å². The molecule has 0 heterocycles. The van der Waals surface area contributed by atoms with Crippen LogP contribution in [0.1, 0.15) is 16.0 Å². The van der Waals surface area contributed by atoms with Crippen molar-refractivity contribution >= 4 is 15.9 Å². The number of methoxy groups -OCH3 is 2. The van der Waals surface area contributed by atoms with Gasteiger partial charge in [-0.15, -0.1) is 0 Å². The molecular weight excluding hydrogens is 292 g/mol. The molecule has 0 spiro atoms. The summed E-state index contributed by atoms with van der Waals surface area (Å²) in [6, 6.07) is 16.1. The maximum Gasteiger partial charge on any atom is 0.119 e. The summed E-state index contributed by atoms with van der Waals surface area (Å²) in [5.41, 5.74) is 2.31. The third-order valence-corrected chi connectivity index (χ3v) is 3.83. The Labute approximate surface area is 116 Å². The normalized spacial score (nSPS) is 10.4. The molecule has 0 unspecified atom stereocenters. The van der Waals surface area contributed by atoms with Crippen LogP contribution in [0.4, 0.5) is 0 Å². The molecule has 0 N–H and O–H groups in total. The van der Waals surface area contributed by atoms with Gasteiger partial charge in [0.25, 0.3) is 0 Å². The molecule has 2 aromatic rings. The van der Waals surface area contributed by atoms with Crippen LogP contribution in [0.5, 0.6) is 11.5 Å². The van der Waals surface area contributed by atoms with Gasteiger partial charge in [-0.3, -0.25) is 0 Å². The van der Waals surface area contributed by atoms with E-state index in [1.807, 2.05) is 36.4 Å². The predicted molar refractivity (Wildman–Crippen MR) is 76.8 cm³/mol. The minimum atomic E-state index is 0.127. The van der Waals surface area contributed by atoms with Crippen molar-refractivity contribution in [3.8, 4) is 11.5 Å². The maximum absolute atomic E-state index is 5.24. The van der Waals surface area contributed by atoms with Crippen LogP contribution < -0.4 is 9.47 Å². The summed E-state index contributed by atoms with van der Waals surface area (Å²) < 4.78 is 10.5. The highest BCUT2D eigenvalue weighted by Crippen LogP contribution is 2.33. The van der Waals surface area contributed by atoms with Gasteiger partial charge >= 0.3 is 0 Å². The zero-order valence-electron chi connectivity index (χ0n) is 10.4. The van der Waals surface area contributed by atoms with Crippen LogP contribution in [0.25, 0.3) is 0 Å². The lowest BCUT2D eigenvalue weighted by Crippen LogP contribution is -1.94. The summed E-state index contributed by atoms with van der Waals surface area (Å²) in [5, 5.41) is 0. The topological polar surface area (TPSA) is 18.5 Å². The van der Waals surface area contributed by atoms with Crippen molar-refractivity contribution in [3.05, 3.63) is 59.7 Å². The van der Waals surface area contributed by atoms with E-state index in [9.17, 15) is 0 Å². The SMILES string of the molecule is COc1cccc(C(Br)c2cccc(OC)c2)c1. The van der Waals surface area contributed by atoms with Crippen LogP contribution in [-0.4, -0.2) is 14.2 Å². The van der Waals surface area contributed by atoms with Gasteiger partial charge in [-0.1, -0.05) is 40.2 Å². The molecule has 0 radical (unpaired) electrons. The minimum Gasteiger partial charge on any atom is -0.497 e. The van der Waals surface area contributed by atoms with Gasteiger partial charge in [-0.2, -0.15) is 0 Å². The smallest absolute Gasteiger partial charge is 0.119 e. The molecular formula is C15H15BrO2. The maximum atomic E-state index is 5.24. The summed E-state index contributed by atoms with van der Waals surface area (Å²) in [5.74, 6) is 1.72. The van der Waals surface area contributed by atoms with Gasteiger partial charge in [-0.05, 0) is 35.4 Å². The molecule has 2 nitrogen and oxygen atoms in total. The fourth-order valence-corrected chi connectivity index (χ4v) is 2.36. The van der Waals surface area contributed by atoms with Gasteiger partial charge in [-0.25, -0.2) is 0 Å². The third-order valence-electron chi connectivity index (χ3n) is 2.77. The van der Waals surface area contributed by atoms with Gasteiger partial charge < -0.3 is 9.47 Å². The second kappa shape index (κ2) is 5.91. The number of hydrogen-bond acceptors (Lipinski definition) is 2. The zero-order chi connectivity index (χ0) is 13.0. The lowest BCUT2D eigenvalue weighted by molar-refractivity contribution is 0.414. The van der Waals surface area contributed by atoms with E-state index in [1.54, 1.807) is 14.2 Å². The molecule has 0 saturated carbocycles. The van der Waals surface area contributed by atoms with Gasteiger partial charge in [0.1, 0.15) is 11.5 Å². The molecule has 0 aliphatic heterocycles. The molecule has 2 aromatic carbocycles. The predicted octanol–water partition coefficient (Wildman–Crippen LogP) is 4.19. The van der Waals surface area contributed by atoms with Crippen molar-refractivity contribution in [1.82, 2.24) is 0 Å². The van der Waals surface area contributed by atoms with Crippen molar-refractivity contribution in [2.45, 2.75) is 4.83 Å². The Balaban J connectivity index is 2.31. The number of ether oxygens (including phenoxy) is 2. The molecule has 0 amide bonds. The third kappa shape index (κ3) is 2.85. The van der Waals surface area contributed by atoms with E-state index in [4.69, 9.17) is 9.47 Å². The molecule has 0 bridgehead atoms. The molecule has 0 aliphatic rings. The Morgan fingerprint density at radius 3 is 1.67 bits per heavy atom. The molecule has 2 rings (SSSR count). The summed E-state index contributed by atoms with van der Waals surface area (Å²) >= 11 is 3.71. The van der Waals surface area contributed by atoms with Gasteiger partial charge in [0.05, 0.1) is 19.0 Å². The Morgan fingerprint density at radius 1 is 0.833 bits per heavy atom. The van der Waals surface area contributed by atoms with E-state index in [2.05, 4.69) is 28.1 Å². The number of alkyl halides is 1. The number of rotatable bonds is 4. The van der Waals surface area contributed by atoms with Gasteiger partial charge in [0.2, 0.25) is 0 Å². The second-order valence-corrected chi connectivity index (χ2v) is 4.83. The van der Waals surface area contributed by atoms with E-state index < -0.39 is 0 Å². The first-order chi connectivity index (χ1) is 8.74. The largest absolute Gasteiger partial charge is 0.497 e. The van der Waals surface area contributed by atoms with Crippen LogP contribution >= 0.6 is 15.9 Å². The van der Waals surface area contributed by atoms with Crippen LogP contribution in [0, 0.1) is 0 Å². The Kier molecular flexibility index (Phi) is 4.26. The average molecular weight is 307 g/mol. The van der Waals surface area contributed by atoms with E-state index in [-0.39, 0.29) is 4.83 Å². The van der Waals surface area contributed by atoms with Gasteiger partial charge in [0.15, 0.2) is 0 Å². The number of hydrogen-bond donors (Lipinski definition) is 0. The van der Waals surface area contributed by atoms with E-state index in [0.717, 1.165) is 22.6 Å². The van der Waals surface area contributed by atoms with Crippen molar-refractivity contribution in [1.29, 1.82) is 0 Å². The molecule has 18 heavy (non-hydrogen) atoms. The molecule has 0 atom stereocenters. The molecule has 94 valence electrons. The fraction of sp³-hybridized carbons (Fsp3) is 0.200. The Morgan fingerprint density at radius 2 is 1.28 bits per heavy atom. The zero-order valence-corrected chi connectivity index (χ0v) is 12.0. The highest BCUT2D eigenvalue weighted by atomic mass is 79.9. The van der Waals surface area contributed by atoms with E-state index >= 15 is 0 Å². The van der Waals surface area contributed by atoms with E-state index in [1.165, 1.54) is 0 Å². The second-order valence-electron chi connectivity index (χ2n) is 3.92. The van der Waals surface area contributed by atoms with Crippen LogP contribution in [0.15, 0.2) is 48.5 Å². The van der Waals surface area contributed by atoms with E-state index in [0.29, 0.717) is 0 Å². The molecule has 0 aliphatic carbocycles. The first-order valence-electron chi connectivity index (χ1n) is 5.66. The van der Waals surface area contributed by atoms with Crippen LogP contribution in [0.3, 0.4) is 0 Å². The quantitative estimate of drug-likeness (QED) is 0.789. The van der Waals surface area contributed by atoms with Crippen molar-refractivity contribution in [3.63, 3.8) is 0 Å². The van der Waals surface area contributed by atoms with Crippen LogP contribution in [0.2, 0.25) is 0 Å². The minimum absolute atomic E-state index is 0.127. The monoisotopic (exact) mass is 306 g/mol. The lowest BCUT2D eigenvalue weighted by Gasteiger charge is -2.13. The summed E-state index contributed by atoms with van der Waals surface area (Å²) in [6.45, 7) is 0. The number of benzene rings is 2. The standard InChI is InChI=1S/C15H15BrO2/c1-17-13-7-3-5-11(9-13)15(16)12-6-4-8-14(10-12)18-2/h3-10,15H,1-2H3. The fourth-order valence-electron chi connectivity index (χ4n) is 1.79. The summed E-state index contributed by atoms with van der Waals surface area (Å²) in [4.78, 5) is 0.127. The number of halogens is 1. The van der Waals surface area contributed by atoms with Gasteiger partial charge in [0, 0.05) is 0 Å². The first-order valence-corrected chi connectivity index (χ1v) is 6.58. The molecule has 0 fully saturated rings. The van der Waals surface area contributed by atoms with Crippen molar-refractivity contribution in [2.75, 3.05) is 14.2 Å². The average Bonchev–Trinajstić information content (AvgIpc) is 2.46. The summed E-state index contributed by atoms with van der Waals surface area (Å²) in [6.07, 6.45) is 0. The van der Waals surface area contributed by atoms with Crippen LogP contribution in [-0.2, 0) is 0 Å². The highest BCUT2D eigenvalue weighted by Gasteiger charge is 2.11. The molecule has 3 heteroatoms. The Bertz CT molecular complexity index is 478. The molecule has 0 aromatic heterocycles. The first kappa shape index (κ1) is 13.0. The summed E-state index contributed by atoms with van der Waals surface area (Å²) in [7, 11) is 3.35. The Hall–Kier alpha value is -1.48. The lowest BCUT2D eigenvalue weighted by atomic mass is 10.0. The highest BCUT2D eigenvalue weighted by molar-refractivity contribution is 9.09. The van der Waals surface area contributed by atoms with Crippen molar-refractivity contribution in [2.24, 2.45) is 0 Å². The molecule has 0 saturated heterocycles.